The Balaban J connectivity index is 2.62. The highest BCUT2D eigenvalue weighted by Gasteiger charge is 2.17. The van der Waals surface area contributed by atoms with E-state index in [9.17, 15) is 0 Å². The van der Waals surface area contributed by atoms with Crippen LogP contribution >= 0.6 is 27.5 Å². The van der Waals surface area contributed by atoms with E-state index in [-0.39, 0.29) is 0 Å². The molecule has 0 N–H and O–H groups in total. The zero-order valence-corrected chi connectivity index (χ0v) is 11.8. The smallest absolute Gasteiger partial charge is 0.0408 e. The van der Waals surface area contributed by atoms with Crippen molar-refractivity contribution in [3.63, 3.8) is 0 Å². The average Bonchev–Trinajstić information content (AvgIpc) is 2.16. The average molecular weight is 290 g/mol. The summed E-state index contributed by atoms with van der Waals surface area (Å²) in [6, 6.07) is 8.10. The van der Waals surface area contributed by atoms with E-state index in [4.69, 9.17) is 11.6 Å². The van der Waals surface area contributed by atoms with Crippen molar-refractivity contribution < 1.29 is 0 Å². The molecule has 1 aromatic rings. The molecular formula is C13H18BrCl. The van der Waals surface area contributed by atoms with Gasteiger partial charge < -0.3 is 0 Å². The van der Waals surface area contributed by atoms with Gasteiger partial charge in [-0.25, -0.2) is 0 Å². The van der Waals surface area contributed by atoms with Crippen LogP contribution < -0.4 is 0 Å². The lowest BCUT2D eigenvalue weighted by molar-refractivity contribution is 0.407. The zero-order chi connectivity index (χ0) is 11.4. The fourth-order valence-electron chi connectivity index (χ4n) is 1.49. The predicted molar refractivity (Wildman–Crippen MR) is 71.9 cm³/mol. The summed E-state index contributed by atoms with van der Waals surface area (Å²) in [5.74, 6) is 1.37. The molecule has 0 aromatic heterocycles. The van der Waals surface area contributed by atoms with E-state index in [0.29, 0.717) is 16.7 Å². The Hall–Kier alpha value is -0.0100. The van der Waals surface area contributed by atoms with Crippen molar-refractivity contribution in [3.8, 4) is 0 Å². The minimum absolute atomic E-state index is 0.524. The number of alkyl halides is 1. The number of hydrogen-bond acceptors (Lipinski definition) is 0. The van der Waals surface area contributed by atoms with Crippen LogP contribution in [0.3, 0.4) is 0 Å². The second kappa shape index (κ2) is 5.91. The first-order valence-corrected chi connectivity index (χ1v) is 6.68. The normalized spacial score (nSPS) is 15.3. The molecule has 0 heterocycles. The molecule has 0 spiro atoms. The van der Waals surface area contributed by atoms with E-state index in [1.165, 1.54) is 5.56 Å². The molecule has 15 heavy (non-hydrogen) atoms. The van der Waals surface area contributed by atoms with Gasteiger partial charge in [0.25, 0.3) is 0 Å². The molecule has 0 radical (unpaired) electrons. The van der Waals surface area contributed by atoms with Gasteiger partial charge in [0.2, 0.25) is 0 Å². The van der Waals surface area contributed by atoms with Crippen LogP contribution in [-0.2, 0) is 6.42 Å². The molecule has 84 valence electrons. The van der Waals surface area contributed by atoms with E-state index in [1.54, 1.807) is 0 Å². The summed E-state index contributed by atoms with van der Waals surface area (Å²) in [6.45, 7) is 6.81. The van der Waals surface area contributed by atoms with Crippen LogP contribution in [-0.4, -0.2) is 4.83 Å². The third-order valence-electron chi connectivity index (χ3n) is 2.94. The maximum Gasteiger partial charge on any atom is 0.0408 e. The second-order valence-corrected chi connectivity index (χ2v) is 6.07. The first kappa shape index (κ1) is 13.1. The Bertz CT molecular complexity index is 309. The van der Waals surface area contributed by atoms with Gasteiger partial charge in [0.05, 0.1) is 0 Å². The third kappa shape index (κ3) is 4.16. The molecule has 0 amide bonds. The highest BCUT2D eigenvalue weighted by molar-refractivity contribution is 9.09. The molecule has 0 fully saturated rings. The van der Waals surface area contributed by atoms with E-state index < -0.39 is 0 Å². The van der Waals surface area contributed by atoms with Crippen LogP contribution in [0.1, 0.15) is 26.3 Å². The Morgan fingerprint density at radius 1 is 1.27 bits per heavy atom. The molecule has 0 aliphatic rings. The third-order valence-corrected chi connectivity index (χ3v) is 4.33. The summed E-state index contributed by atoms with van der Waals surface area (Å²) in [5.41, 5.74) is 1.30. The standard InChI is InChI=1S/C13H18BrCl/c1-9(2)10(3)13(14)8-11-5-4-6-12(15)7-11/h4-7,9-10,13H,8H2,1-3H3. The van der Waals surface area contributed by atoms with E-state index in [1.807, 2.05) is 18.2 Å². The van der Waals surface area contributed by atoms with Gasteiger partial charge in [-0.1, -0.05) is 60.4 Å². The molecule has 0 saturated carbocycles. The SMILES string of the molecule is CC(C)C(C)C(Br)Cc1cccc(Cl)c1. The number of rotatable bonds is 4. The fraction of sp³-hybridized carbons (Fsp3) is 0.538. The van der Waals surface area contributed by atoms with Crippen LogP contribution in [0.25, 0.3) is 0 Å². The number of halogens is 2. The minimum atomic E-state index is 0.524. The Morgan fingerprint density at radius 3 is 2.47 bits per heavy atom. The van der Waals surface area contributed by atoms with Crippen LogP contribution in [0.4, 0.5) is 0 Å². The lowest BCUT2D eigenvalue weighted by Gasteiger charge is -2.21. The van der Waals surface area contributed by atoms with Gasteiger partial charge in [0.15, 0.2) is 0 Å². The van der Waals surface area contributed by atoms with Crippen molar-refractivity contribution in [1.82, 2.24) is 0 Å². The lowest BCUT2D eigenvalue weighted by atomic mass is 9.91. The molecular weight excluding hydrogens is 271 g/mol. The lowest BCUT2D eigenvalue weighted by Crippen LogP contribution is -2.19. The summed E-state index contributed by atoms with van der Waals surface area (Å²) in [5, 5.41) is 0.824. The molecule has 1 rings (SSSR count). The number of hydrogen-bond donors (Lipinski definition) is 0. The summed E-state index contributed by atoms with van der Waals surface area (Å²) >= 11 is 9.72. The first-order chi connectivity index (χ1) is 7.00. The van der Waals surface area contributed by atoms with Crippen molar-refractivity contribution in [3.05, 3.63) is 34.9 Å². The van der Waals surface area contributed by atoms with Gasteiger partial charge in [-0.05, 0) is 36.0 Å². The molecule has 0 bridgehead atoms. The summed E-state index contributed by atoms with van der Waals surface area (Å²) < 4.78 is 0. The highest BCUT2D eigenvalue weighted by atomic mass is 79.9. The topological polar surface area (TPSA) is 0 Å². The van der Waals surface area contributed by atoms with E-state index in [0.717, 1.165) is 11.4 Å². The Labute approximate surface area is 106 Å². The van der Waals surface area contributed by atoms with Gasteiger partial charge in [0.1, 0.15) is 0 Å². The van der Waals surface area contributed by atoms with E-state index >= 15 is 0 Å². The Kier molecular flexibility index (Phi) is 5.14. The van der Waals surface area contributed by atoms with Crippen molar-refractivity contribution >= 4 is 27.5 Å². The van der Waals surface area contributed by atoms with Crippen LogP contribution in [0.5, 0.6) is 0 Å². The largest absolute Gasteiger partial charge is 0.0884 e. The van der Waals surface area contributed by atoms with Crippen molar-refractivity contribution in [2.75, 3.05) is 0 Å². The maximum atomic E-state index is 5.96. The second-order valence-electron chi connectivity index (χ2n) is 4.45. The van der Waals surface area contributed by atoms with Crippen molar-refractivity contribution in [1.29, 1.82) is 0 Å². The molecule has 2 heteroatoms. The zero-order valence-electron chi connectivity index (χ0n) is 9.50. The summed E-state index contributed by atoms with van der Waals surface area (Å²) in [6.07, 6.45) is 1.04. The van der Waals surface area contributed by atoms with Crippen LogP contribution in [0, 0.1) is 11.8 Å². The summed E-state index contributed by atoms with van der Waals surface area (Å²) in [4.78, 5) is 0.524. The van der Waals surface area contributed by atoms with E-state index in [2.05, 4.69) is 42.8 Å². The van der Waals surface area contributed by atoms with Gasteiger partial charge in [-0.2, -0.15) is 0 Å². The molecule has 0 aliphatic heterocycles. The maximum absolute atomic E-state index is 5.96. The van der Waals surface area contributed by atoms with Gasteiger partial charge in [-0.15, -0.1) is 0 Å². The minimum Gasteiger partial charge on any atom is -0.0884 e. The highest BCUT2D eigenvalue weighted by Crippen LogP contribution is 2.25. The van der Waals surface area contributed by atoms with Gasteiger partial charge >= 0.3 is 0 Å². The van der Waals surface area contributed by atoms with Crippen LogP contribution in [0.2, 0.25) is 5.02 Å². The molecule has 0 nitrogen and oxygen atoms in total. The van der Waals surface area contributed by atoms with Crippen molar-refractivity contribution in [2.45, 2.75) is 32.0 Å². The fourth-order valence-corrected chi connectivity index (χ4v) is 2.69. The van der Waals surface area contributed by atoms with Gasteiger partial charge in [-0.3, -0.25) is 0 Å². The molecule has 0 saturated heterocycles. The van der Waals surface area contributed by atoms with Gasteiger partial charge in [0, 0.05) is 9.85 Å². The Morgan fingerprint density at radius 2 is 1.93 bits per heavy atom. The molecule has 2 unspecified atom stereocenters. The first-order valence-electron chi connectivity index (χ1n) is 5.39. The molecule has 2 atom stereocenters. The monoisotopic (exact) mass is 288 g/mol. The quantitative estimate of drug-likeness (QED) is 0.689. The molecule has 1 aromatic carbocycles. The molecule has 0 aliphatic carbocycles. The number of benzene rings is 1. The summed E-state index contributed by atoms with van der Waals surface area (Å²) in [7, 11) is 0. The van der Waals surface area contributed by atoms with Crippen molar-refractivity contribution in [2.24, 2.45) is 11.8 Å². The van der Waals surface area contributed by atoms with Crippen LogP contribution in [0.15, 0.2) is 24.3 Å². The predicted octanol–water partition coefficient (Wildman–Crippen LogP) is 4.94.